The van der Waals surface area contributed by atoms with Gasteiger partial charge in [0.2, 0.25) is 11.8 Å². The minimum Gasteiger partial charge on any atom is -0.364 e. The molecule has 2 amide bonds. The van der Waals surface area contributed by atoms with Gasteiger partial charge in [-0.3, -0.25) is 9.59 Å². The van der Waals surface area contributed by atoms with Gasteiger partial charge in [-0.2, -0.15) is 0 Å². The maximum Gasteiger partial charge on any atom is 0.249 e. The quantitative estimate of drug-likeness (QED) is 0.915. The van der Waals surface area contributed by atoms with E-state index >= 15 is 0 Å². The Balaban J connectivity index is 1.92. The van der Waals surface area contributed by atoms with E-state index < -0.39 is 11.6 Å². The van der Waals surface area contributed by atoms with E-state index in [0.29, 0.717) is 12.2 Å². The SMILES string of the molecule is CC(C)C1C(=O)NC2(CCCC2)C(=O)N1Cc1ccon1. The molecule has 1 saturated carbocycles. The zero-order valence-electron chi connectivity index (χ0n) is 12.5. The molecule has 1 atom stereocenters. The summed E-state index contributed by atoms with van der Waals surface area (Å²) < 4.78 is 4.84. The van der Waals surface area contributed by atoms with Crippen molar-refractivity contribution in [2.24, 2.45) is 5.92 Å². The first-order valence-electron chi connectivity index (χ1n) is 7.56. The molecule has 1 aromatic heterocycles. The molecule has 0 aromatic carbocycles. The minimum atomic E-state index is -0.688. The number of nitrogens with one attached hydrogen (secondary N) is 1. The number of piperazine rings is 1. The fourth-order valence-corrected chi connectivity index (χ4v) is 3.55. The van der Waals surface area contributed by atoms with Gasteiger partial charge >= 0.3 is 0 Å². The van der Waals surface area contributed by atoms with Crippen LogP contribution in [0.2, 0.25) is 0 Å². The van der Waals surface area contributed by atoms with Crippen LogP contribution in [-0.4, -0.2) is 33.5 Å². The summed E-state index contributed by atoms with van der Waals surface area (Å²) in [5.74, 6) is 0.0379. The molecule has 114 valence electrons. The fraction of sp³-hybridized carbons (Fsp3) is 0.667. The first kappa shape index (κ1) is 14.1. The van der Waals surface area contributed by atoms with Gasteiger partial charge in [-0.15, -0.1) is 0 Å². The largest absolute Gasteiger partial charge is 0.364 e. The molecule has 6 nitrogen and oxygen atoms in total. The topological polar surface area (TPSA) is 75.4 Å². The molecular weight excluding hydrogens is 270 g/mol. The van der Waals surface area contributed by atoms with Crippen molar-refractivity contribution in [1.82, 2.24) is 15.4 Å². The number of rotatable bonds is 3. The van der Waals surface area contributed by atoms with Crippen LogP contribution in [0.4, 0.5) is 0 Å². The van der Waals surface area contributed by atoms with Gasteiger partial charge in [0.05, 0.1) is 6.54 Å². The van der Waals surface area contributed by atoms with Gasteiger partial charge in [-0.1, -0.05) is 31.8 Å². The van der Waals surface area contributed by atoms with E-state index in [9.17, 15) is 9.59 Å². The lowest BCUT2D eigenvalue weighted by molar-refractivity contribution is -0.157. The van der Waals surface area contributed by atoms with Crippen LogP contribution in [0.1, 0.15) is 45.2 Å². The lowest BCUT2D eigenvalue weighted by Gasteiger charge is -2.45. The first-order chi connectivity index (χ1) is 10.0. The maximum atomic E-state index is 13.0. The smallest absolute Gasteiger partial charge is 0.249 e. The van der Waals surface area contributed by atoms with E-state index in [1.54, 1.807) is 11.0 Å². The van der Waals surface area contributed by atoms with Crippen molar-refractivity contribution >= 4 is 11.8 Å². The second kappa shape index (κ2) is 5.16. The molecule has 3 rings (SSSR count). The van der Waals surface area contributed by atoms with Gasteiger partial charge in [0, 0.05) is 6.07 Å². The second-order valence-electron chi connectivity index (χ2n) is 6.39. The highest BCUT2D eigenvalue weighted by Gasteiger charge is 2.52. The Kier molecular flexibility index (Phi) is 3.47. The number of aromatic nitrogens is 1. The monoisotopic (exact) mass is 291 g/mol. The summed E-state index contributed by atoms with van der Waals surface area (Å²) in [4.78, 5) is 27.2. The Morgan fingerprint density at radius 2 is 2.14 bits per heavy atom. The second-order valence-corrected chi connectivity index (χ2v) is 6.39. The summed E-state index contributed by atoms with van der Waals surface area (Å²) in [5.41, 5.74) is -0.0106. The van der Waals surface area contributed by atoms with Crippen LogP contribution >= 0.6 is 0 Å². The van der Waals surface area contributed by atoms with E-state index in [2.05, 4.69) is 10.5 Å². The molecule has 1 aromatic rings. The summed E-state index contributed by atoms with van der Waals surface area (Å²) in [6.45, 7) is 4.24. The number of carbonyl (C=O) groups excluding carboxylic acids is 2. The van der Waals surface area contributed by atoms with E-state index in [1.165, 1.54) is 6.26 Å². The van der Waals surface area contributed by atoms with Crippen LogP contribution in [0.5, 0.6) is 0 Å². The molecule has 0 bridgehead atoms. The number of carbonyl (C=O) groups is 2. The van der Waals surface area contributed by atoms with Crippen LogP contribution in [-0.2, 0) is 16.1 Å². The number of hydrogen-bond donors (Lipinski definition) is 1. The normalized spacial score (nSPS) is 24.9. The summed E-state index contributed by atoms with van der Waals surface area (Å²) in [6.07, 6.45) is 4.92. The Labute approximate surface area is 123 Å². The van der Waals surface area contributed by atoms with Crippen molar-refractivity contribution in [3.05, 3.63) is 18.0 Å². The van der Waals surface area contributed by atoms with Crippen LogP contribution < -0.4 is 5.32 Å². The molecule has 1 unspecified atom stereocenters. The molecule has 0 radical (unpaired) electrons. The van der Waals surface area contributed by atoms with Gasteiger partial charge in [-0.25, -0.2) is 0 Å². The van der Waals surface area contributed by atoms with Crippen LogP contribution in [0.3, 0.4) is 0 Å². The van der Waals surface area contributed by atoms with Crippen molar-refractivity contribution in [1.29, 1.82) is 0 Å². The van der Waals surface area contributed by atoms with Gasteiger partial charge in [-0.05, 0) is 18.8 Å². The lowest BCUT2D eigenvalue weighted by Crippen LogP contribution is -2.70. The zero-order chi connectivity index (χ0) is 15.0. The third-order valence-corrected chi connectivity index (χ3v) is 4.55. The predicted molar refractivity (Wildman–Crippen MR) is 75.0 cm³/mol. The third-order valence-electron chi connectivity index (χ3n) is 4.55. The van der Waals surface area contributed by atoms with Crippen molar-refractivity contribution in [3.63, 3.8) is 0 Å². The van der Waals surface area contributed by atoms with Crippen molar-refractivity contribution in [2.45, 2.75) is 57.7 Å². The van der Waals surface area contributed by atoms with E-state index in [0.717, 1.165) is 25.7 Å². The Bertz CT molecular complexity index is 532. The van der Waals surface area contributed by atoms with Crippen molar-refractivity contribution in [3.8, 4) is 0 Å². The molecule has 1 aliphatic heterocycles. The van der Waals surface area contributed by atoms with E-state index in [1.807, 2.05) is 13.8 Å². The molecule has 2 heterocycles. The summed E-state index contributed by atoms with van der Waals surface area (Å²) in [7, 11) is 0. The average Bonchev–Trinajstić information content (AvgIpc) is 3.07. The molecule has 1 spiro atoms. The number of nitrogens with zero attached hydrogens (tertiary/aromatic N) is 2. The molecule has 6 heteroatoms. The molecular formula is C15H21N3O3. The Morgan fingerprint density at radius 3 is 2.71 bits per heavy atom. The number of amides is 2. The number of hydrogen-bond acceptors (Lipinski definition) is 4. The summed E-state index contributed by atoms with van der Waals surface area (Å²) in [5, 5.41) is 6.89. The molecule has 2 aliphatic rings. The third kappa shape index (κ3) is 2.32. The Morgan fingerprint density at radius 1 is 1.43 bits per heavy atom. The minimum absolute atomic E-state index is 0.0290. The highest BCUT2D eigenvalue weighted by Crippen LogP contribution is 2.36. The van der Waals surface area contributed by atoms with Crippen molar-refractivity contribution < 1.29 is 14.1 Å². The van der Waals surface area contributed by atoms with Gasteiger partial charge in [0.25, 0.3) is 0 Å². The summed E-state index contributed by atoms with van der Waals surface area (Å²) in [6, 6.07) is 1.29. The molecule has 21 heavy (non-hydrogen) atoms. The van der Waals surface area contributed by atoms with Crippen molar-refractivity contribution in [2.75, 3.05) is 0 Å². The molecule has 2 fully saturated rings. The van der Waals surface area contributed by atoms with Crippen LogP contribution in [0.25, 0.3) is 0 Å². The first-order valence-corrected chi connectivity index (χ1v) is 7.56. The van der Waals surface area contributed by atoms with E-state index in [4.69, 9.17) is 4.52 Å². The van der Waals surface area contributed by atoms with Crippen LogP contribution in [0.15, 0.2) is 16.9 Å². The molecule has 1 aliphatic carbocycles. The molecule has 1 saturated heterocycles. The molecule has 1 N–H and O–H groups in total. The predicted octanol–water partition coefficient (Wildman–Crippen LogP) is 1.47. The zero-order valence-corrected chi connectivity index (χ0v) is 12.5. The standard InChI is InChI=1S/C15H21N3O3/c1-10(2)12-13(19)16-15(6-3-4-7-15)14(20)18(12)9-11-5-8-21-17-11/h5,8,10,12H,3-4,6-7,9H2,1-2H3,(H,16,19). The van der Waals surface area contributed by atoms with Gasteiger partial charge in [0.15, 0.2) is 0 Å². The summed E-state index contributed by atoms with van der Waals surface area (Å²) >= 11 is 0. The lowest BCUT2D eigenvalue weighted by atomic mass is 9.87. The van der Waals surface area contributed by atoms with E-state index in [-0.39, 0.29) is 17.7 Å². The highest BCUT2D eigenvalue weighted by molar-refractivity contribution is 6.00. The fourth-order valence-electron chi connectivity index (χ4n) is 3.55. The van der Waals surface area contributed by atoms with Crippen LogP contribution in [0, 0.1) is 5.92 Å². The van der Waals surface area contributed by atoms with Gasteiger partial charge < -0.3 is 14.7 Å². The van der Waals surface area contributed by atoms with Gasteiger partial charge in [0.1, 0.15) is 23.5 Å². The Hall–Kier alpha value is -1.85. The average molecular weight is 291 g/mol. The highest BCUT2D eigenvalue weighted by atomic mass is 16.5. The maximum absolute atomic E-state index is 13.0.